The summed E-state index contributed by atoms with van der Waals surface area (Å²) >= 11 is 0. The van der Waals surface area contributed by atoms with Crippen LogP contribution in [0.25, 0.3) is 6.08 Å². The molecule has 0 aliphatic carbocycles. The van der Waals surface area contributed by atoms with E-state index in [9.17, 15) is 14.4 Å². The number of allylic oxidation sites excluding steroid dienone is 1. The number of hydrogen-bond donors (Lipinski definition) is 0. The molecule has 4 amide bonds. The topological polar surface area (TPSA) is 101 Å². The third-order valence-corrected chi connectivity index (χ3v) is 5.76. The zero-order chi connectivity index (χ0) is 22.7. The van der Waals surface area contributed by atoms with Crippen molar-refractivity contribution in [2.45, 2.75) is 18.9 Å². The van der Waals surface area contributed by atoms with Crippen molar-refractivity contribution < 1.29 is 23.9 Å². The summed E-state index contributed by atoms with van der Waals surface area (Å²) in [6.07, 6.45) is 9.16. The molecule has 1 fully saturated rings. The average molecular weight is 436 g/mol. The highest BCUT2D eigenvalue weighted by Crippen LogP contribution is 2.28. The van der Waals surface area contributed by atoms with E-state index >= 15 is 0 Å². The predicted octanol–water partition coefficient (Wildman–Crippen LogP) is 2.33. The van der Waals surface area contributed by atoms with E-state index in [1.807, 2.05) is 6.07 Å². The van der Waals surface area contributed by atoms with Crippen molar-refractivity contribution in [3.8, 4) is 11.5 Å². The lowest BCUT2D eigenvalue weighted by atomic mass is 9.97. The Bertz CT molecular complexity index is 1050. The van der Waals surface area contributed by atoms with Gasteiger partial charge in [-0.15, -0.1) is 0 Å². The molecule has 166 valence electrons. The summed E-state index contributed by atoms with van der Waals surface area (Å²) in [7, 11) is 3.12. The van der Waals surface area contributed by atoms with Crippen LogP contribution in [0.3, 0.4) is 0 Å². The number of imide groups is 1. The van der Waals surface area contributed by atoms with Crippen molar-refractivity contribution in [2.75, 3.05) is 27.3 Å². The molecule has 1 aromatic rings. The number of carbonyl (C=O) groups excluding carboxylic acids is 3. The van der Waals surface area contributed by atoms with Gasteiger partial charge in [0.25, 0.3) is 0 Å². The molecule has 9 heteroatoms. The number of fused-ring (bicyclic) bond motifs is 1. The molecular formula is C23H24N4O5. The summed E-state index contributed by atoms with van der Waals surface area (Å²) in [4.78, 5) is 48.9. The van der Waals surface area contributed by atoms with Gasteiger partial charge < -0.3 is 14.4 Å². The molecule has 1 saturated heterocycles. The number of nitrogens with zero attached hydrogens (tertiary/aromatic N) is 4. The molecule has 0 spiro atoms. The van der Waals surface area contributed by atoms with Gasteiger partial charge in [-0.1, -0.05) is 12.1 Å². The standard InChI is InChI=1S/C23H24N4O5/c1-31-18-7-5-15(14-19(18)32-2)6-8-20(28)26-12-9-16(10-13-26)27-22(29)17-4-3-11-24-21(17)25-23(27)30/h3-8,11,14,16-17H,9-10,12-13H2,1-2H3/b8-6+. The Hall–Kier alpha value is -3.75. The number of carbonyl (C=O) groups is 3. The summed E-state index contributed by atoms with van der Waals surface area (Å²) in [5.41, 5.74) is 0.812. The van der Waals surface area contributed by atoms with Crippen LogP contribution in [-0.4, -0.2) is 73.0 Å². The quantitative estimate of drug-likeness (QED) is 0.660. The molecule has 3 heterocycles. The lowest BCUT2D eigenvalue weighted by Crippen LogP contribution is -2.54. The Labute approximate surface area is 185 Å². The van der Waals surface area contributed by atoms with E-state index < -0.39 is 11.9 Å². The van der Waals surface area contributed by atoms with Crippen LogP contribution in [-0.2, 0) is 9.59 Å². The van der Waals surface area contributed by atoms with E-state index in [0.717, 1.165) is 5.56 Å². The van der Waals surface area contributed by atoms with Crippen molar-refractivity contribution in [1.82, 2.24) is 9.80 Å². The van der Waals surface area contributed by atoms with Crippen LogP contribution in [0.5, 0.6) is 11.5 Å². The molecular weight excluding hydrogens is 412 g/mol. The van der Waals surface area contributed by atoms with Crippen molar-refractivity contribution in [3.63, 3.8) is 0 Å². The molecule has 9 nitrogen and oxygen atoms in total. The number of amidine groups is 1. The van der Waals surface area contributed by atoms with Crippen LogP contribution in [0.15, 0.2) is 46.4 Å². The zero-order valence-electron chi connectivity index (χ0n) is 17.9. The van der Waals surface area contributed by atoms with Gasteiger partial charge >= 0.3 is 6.03 Å². The SMILES string of the molecule is COc1ccc(/C=C/C(=O)N2CCC(N3C(=O)N=C4N=CC=CC4C3=O)CC2)cc1OC. The minimum absolute atomic E-state index is 0.126. The number of likely N-dealkylation sites (tertiary alicyclic amines) is 1. The molecule has 3 aliphatic rings. The lowest BCUT2D eigenvalue weighted by molar-refractivity contribution is -0.133. The van der Waals surface area contributed by atoms with E-state index in [1.165, 1.54) is 17.2 Å². The van der Waals surface area contributed by atoms with Crippen molar-refractivity contribution in [3.05, 3.63) is 42.0 Å². The maximum atomic E-state index is 12.8. The lowest BCUT2D eigenvalue weighted by Gasteiger charge is -2.38. The van der Waals surface area contributed by atoms with Crippen LogP contribution in [0, 0.1) is 5.92 Å². The van der Waals surface area contributed by atoms with E-state index in [1.54, 1.807) is 49.5 Å². The summed E-state index contributed by atoms with van der Waals surface area (Å²) in [6, 6.07) is 4.55. The summed E-state index contributed by atoms with van der Waals surface area (Å²) < 4.78 is 10.5. The molecule has 0 saturated carbocycles. The second-order valence-electron chi connectivity index (χ2n) is 7.61. The fourth-order valence-electron chi connectivity index (χ4n) is 4.04. The molecule has 3 aliphatic heterocycles. The van der Waals surface area contributed by atoms with Crippen molar-refractivity contribution in [2.24, 2.45) is 15.9 Å². The Balaban J connectivity index is 1.37. The van der Waals surface area contributed by atoms with Crippen LogP contribution >= 0.6 is 0 Å². The predicted molar refractivity (Wildman–Crippen MR) is 119 cm³/mol. The van der Waals surface area contributed by atoms with Gasteiger partial charge in [0, 0.05) is 31.4 Å². The Morgan fingerprint density at radius 1 is 1.12 bits per heavy atom. The third kappa shape index (κ3) is 4.18. The Kier molecular flexibility index (Phi) is 6.16. The number of aliphatic imine (C=N–C) groups is 2. The number of ether oxygens (including phenoxy) is 2. The van der Waals surface area contributed by atoms with E-state index in [2.05, 4.69) is 9.98 Å². The first-order valence-corrected chi connectivity index (χ1v) is 10.4. The number of hydrogen-bond acceptors (Lipinski definition) is 6. The maximum Gasteiger partial charge on any atom is 0.352 e. The van der Waals surface area contributed by atoms with Crippen molar-refractivity contribution >= 4 is 36.0 Å². The molecule has 0 radical (unpaired) electrons. The van der Waals surface area contributed by atoms with E-state index in [4.69, 9.17) is 9.47 Å². The minimum Gasteiger partial charge on any atom is -0.493 e. The highest BCUT2D eigenvalue weighted by atomic mass is 16.5. The molecule has 32 heavy (non-hydrogen) atoms. The van der Waals surface area contributed by atoms with Gasteiger partial charge in [0.1, 0.15) is 11.8 Å². The van der Waals surface area contributed by atoms with Gasteiger partial charge in [0.15, 0.2) is 11.5 Å². The largest absolute Gasteiger partial charge is 0.493 e. The number of methoxy groups -OCH3 is 2. The summed E-state index contributed by atoms with van der Waals surface area (Å²) in [5.74, 6) is 0.411. The van der Waals surface area contributed by atoms with Crippen molar-refractivity contribution in [1.29, 1.82) is 0 Å². The molecule has 0 N–H and O–H groups in total. The summed E-state index contributed by atoms with van der Waals surface area (Å²) in [5, 5.41) is 0. The van der Waals surface area contributed by atoms with E-state index in [-0.39, 0.29) is 23.7 Å². The highest BCUT2D eigenvalue weighted by molar-refractivity contribution is 6.19. The highest BCUT2D eigenvalue weighted by Gasteiger charge is 2.41. The molecule has 0 aromatic heterocycles. The number of amides is 4. The first-order valence-electron chi connectivity index (χ1n) is 10.4. The Morgan fingerprint density at radius 2 is 1.88 bits per heavy atom. The first-order chi connectivity index (χ1) is 15.5. The van der Waals surface area contributed by atoms with Crippen LogP contribution in [0.2, 0.25) is 0 Å². The van der Waals surface area contributed by atoms with Gasteiger partial charge in [0.2, 0.25) is 11.8 Å². The molecule has 1 atom stereocenters. The molecule has 1 unspecified atom stereocenters. The monoisotopic (exact) mass is 436 g/mol. The normalized spacial score (nSPS) is 21.1. The number of piperidine rings is 1. The summed E-state index contributed by atoms with van der Waals surface area (Å²) in [6.45, 7) is 0.901. The number of urea groups is 1. The van der Waals surface area contributed by atoms with Gasteiger partial charge in [-0.05, 0) is 42.7 Å². The second kappa shape index (κ2) is 9.17. The fraction of sp³-hybridized carbons (Fsp3) is 0.348. The average Bonchev–Trinajstić information content (AvgIpc) is 2.82. The van der Waals surface area contributed by atoms with Gasteiger partial charge in [-0.2, -0.15) is 4.99 Å². The van der Waals surface area contributed by atoms with Gasteiger partial charge in [-0.3, -0.25) is 14.5 Å². The van der Waals surface area contributed by atoms with Gasteiger partial charge in [-0.25, -0.2) is 9.79 Å². The minimum atomic E-state index is -0.609. The smallest absolute Gasteiger partial charge is 0.352 e. The van der Waals surface area contributed by atoms with Crippen LogP contribution in [0.1, 0.15) is 18.4 Å². The van der Waals surface area contributed by atoms with Crippen LogP contribution in [0.4, 0.5) is 4.79 Å². The maximum absolute atomic E-state index is 12.8. The number of benzene rings is 1. The third-order valence-electron chi connectivity index (χ3n) is 5.76. The molecule has 4 rings (SSSR count). The van der Waals surface area contributed by atoms with Gasteiger partial charge in [0.05, 0.1) is 14.2 Å². The van der Waals surface area contributed by atoms with E-state index in [0.29, 0.717) is 37.4 Å². The Morgan fingerprint density at radius 3 is 2.59 bits per heavy atom. The molecule has 0 bridgehead atoms. The number of rotatable bonds is 5. The zero-order valence-corrected chi connectivity index (χ0v) is 17.9. The molecule has 1 aromatic carbocycles. The fourth-order valence-corrected chi connectivity index (χ4v) is 4.04. The first kappa shape index (κ1) is 21.5. The number of dihydropyridines is 1. The second-order valence-corrected chi connectivity index (χ2v) is 7.61. The van der Waals surface area contributed by atoms with Crippen LogP contribution < -0.4 is 9.47 Å².